The highest BCUT2D eigenvalue weighted by Crippen LogP contribution is 2.40. The number of rotatable bonds is 3. The van der Waals surface area contributed by atoms with Crippen molar-refractivity contribution in [2.45, 2.75) is 37.7 Å². The zero-order chi connectivity index (χ0) is 15.9. The molecule has 2 saturated heterocycles. The molecule has 1 N–H and O–H groups in total. The van der Waals surface area contributed by atoms with Gasteiger partial charge in [0.25, 0.3) is 0 Å². The molecule has 4 rings (SSSR count). The Labute approximate surface area is 137 Å². The van der Waals surface area contributed by atoms with Gasteiger partial charge in [-0.1, -0.05) is 0 Å². The van der Waals surface area contributed by atoms with Crippen molar-refractivity contribution in [1.82, 2.24) is 15.1 Å². The van der Waals surface area contributed by atoms with Crippen molar-refractivity contribution in [3.8, 4) is 0 Å². The molecule has 4 heterocycles. The Morgan fingerprint density at radius 1 is 1.39 bits per heavy atom. The highest BCUT2D eigenvalue weighted by Gasteiger charge is 2.42. The van der Waals surface area contributed by atoms with Crippen molar-refractivity contribution in [2.75, 3.05) is 37.7 Å². The maximum absolute atomic E-state index is 11.5. The van der Waals surface area contributed by atoms with Crippen LogP contribution in [0.1, 0.15) is 36.9 Å². The maximum atomic E-state index is 11.5. The number of nitrogens with zero attached hydrogens (tertiary/aromatic N) is 2. The molecule has 3 aliphatic rings. The predicted molar refractivity (Wildman–Crippen MR) is 87.0 cm³/mol. The van der Waals surface area contributed by atoms with Crippen LogP contribution in [0.4, 0.5) is 0 Å². The Kier molecular flexibility index (Phi) is 3.98. The van der Waals surface area contributed by atoms with Gasteiger partial charge in [0, 0.05) is 13.1 Å². The molecule has 0 saturated carbocycles. The first-order valence-electron chi connectivity index (χ1n) is 8.66. The molecule has 0 aromatic carbocycles. The van der Waals surface area contributed by atoms with E-state index in [9.17, 15) is 8.42 Å². The van der Waals surface area contributed by atoms with Crippen molar-refractivity contribution in [1.29, 1.82) is 0 Å². The number of aromatic nitrogens is 2. The van der Waals surface area contributed by atoms with E-state index in [4.69, 9.17) is 4.74 Å². The Balaban J connectivity index is 1.32. The summed E-state index contributed by atoms with van der Waals surface area (Å²) in [4.78, 5) is 2.46. The molecular weight excluding hydrogens is 314 g/mol. The van der Waals surface area contributed by atoms with Crippen molar-refractivity contribution < 1.29 is 13.2 Å². The second-order valence-electron chi connectivity index (χ2n) is 7.26. The van der Waals surface area contributed by atoms with Gasteiger partial charge in [0.2, 0.25) is 0 Å². The SMILES string of the molecule is O=S1(=O)CCC(CCN2CCC3(CC2)OCCc2cn[nH]c23)C1. The van der Waals surface area contributed by atoms with Gasteiger partial charge in [-0.25, -0.2) is 8.42 Å². The van der Waals surface area contributed by atoms with Crippen LogP contribution >= 0.6 is 0 Å². The highest BCUT2D eigenvalue weighted by molar-refractivity contribution is 7.91. The van der Waals surface area contributed by atoms with E-state index in [0.29, 0.717) is 17.4 Å². The zero-order valence-corrected chi connectivity index (χ0v) is 14.3. The van der Waals surface area contributed by atoms with E-state index in [-0.39, 0.29) is 5.60 Å². The number of ether oxygens (including phenoxy) is 1. The van der Waals surface area contributed by atoms with Crippen molar-refractivity contribution in [3.63, 3.8) is 0 Å². The number of hydrogen-bond donors (Lipinski definition) is 1. The van der Waals surface area contributed by atoms with Gasteiger partial charge in [-0.3, -0.25) is 5.10 Å². The third kappa shape index (κ3) is 3.06. The molecule has 6 nitrogen and oxygen atoms in total. The van der Waals surface area contributed by atoms with E-state index in [2.05, 4.69) is 15.1 Å². The van der Waals surface area contributed by atoms with E-state index >= 15 is 0 Å². The van der Waals surface area contributed by atoms with Crippen molar-refractivity contribution in [3.05, 3.63) is 17.5 Å². The van der Waals surface area contributed by atoms with Crippen molar-refractivity contribution >= 4 is 9.84 Å². The smallest absolute Gasteiger partial charge is 0.150 e. The summed E-state index contributed by atoms with van der Waals surface area (Å²) in [5.74, 6) is 1.14. The quantitative estimate of drug-likeness (QED) is 0.892. The van der Waals surface area contributed by atoms with Gasteiger partial charge in [-0.05, 0) is 50.1 Å². The first kappa shape index (κ1) is 15.6. The molecule has 1 aromatic heterocycles. The van der Waals surface area contributed by atoms with Crippen LogP contribution < -0.4 is 0 Å². The second-order valence-corrected chi connectivity index (χ2v) is 9.49. The van der Waals surface area contributed by atoms with Crippen LogP contribution in [0.25, 0.3) is 0 Å². The molecule has 1 spiro atoms. The van der Waals surface area contributed by atoms with Crippen LogP contribution in [-0.4, -0.2) is 61.3 Å². The summed E-state index contributed by atoms with van der Waals surface area (Å²) in [5, 5.41) is 7.36. The summed E-state index contributed by atoms with van der Waals surface area (Å²) < 4.78 is 29.3. The lowest BCUT2D eigenvalue weighted by Gasteiger charge is -2.43. The molecule has 128 valence electrons. The van der Waals surface area contributed by atoms with Crippen LogP contribution in [0.2, 0.25) is 0 Å². The molecule has 2 fully saturated rings. The minimum Gasteiger partial charge on any atom is -0.368 e. The molecule has 0 amide bonds. The number of H-pyrrole nitrogens is 1. The molecule has 1 atom stereocenters. The summed E-state index contributed by atoms with van der Waals surface area (Å²) in [6, 6.07) is 0. The molecule has 1 unspecified atom stereocenters. The van der Waals surface area contributed by atoms with Gasteiger partial charge < -0.3 is 9.64 Å². The minimum atomic E-state index is -2.75. The fraction of sp³-hybridized carbons (Fsp3) is 0.812. The number of hydrogen-bond acceptors (Lipinski definition) is 5. The molecule has 23 heavy (non-hydrogen) atoms. The Bertz CT molecular complexity index is 662. The first-order valence-corrected chi connectivity index (χ1v) is 10.5. The largest absolute Gasteiger partial charge is 0.368 e. The first-order chi connectivity index (χ1) is 11.1. The van der Waals surface area contributed by atoms with Crippen LogP contribution in [0, 0.1) is 5.92 Å². The Hall–Kier alpha value is -0.920. The molecule has 0 aliphatic carbocycles. The van der Waals surface area contributed by atoms with E-state index in [1.54, 1.807) is 0 Å². The number of aromatic amines is 1. The van der Waals surface area contributed by atoms with Gasteiger partial charge in [-0.2, -0.15) is 5.10 Å². The molecule has 0 bridgehead atoms. The average molecular weight is 339 g/mol. The minimum absolute atomic E-state index is 0.169. The molecule has 3 aliphatic heterocycles. The number of sulfone groups is 1. The summed E-state index contributed by atoms with van der Waals surface area (Å²) >= 11 is 0. The van der Waals surface area contributed by atoms with Gasteiger partial charge in [0.05, 0.1) is 30.0 Å². The fourth-order valence-corrected chi connectivity index (χ4v) is 6.23. The number of piperidine rings is 1. The van der Waals surface area contributed by atoms with E-state index in [1.807, 2.05) is 6.20 Å². The van der Waals surface area contributed by atoms with E-state index < -0.39 is 9.84 Å². The fourth-order valence-electron chi connectivity index (χ4n) is 4.32. The topological polar surface area (TPSA) is 75.3 Å². The maximum Gasteiger partial charge on any atom is 0.150 e. The van der Waals surface area contributed by atoms with Crippen LogP contribution in [0.3, 0.4) is 0 Å². The lowest BCUT2D eigenvalue weighted by atomic mass is 9.83. The van der Waals surface area contributed by atoms with Gasteiger partial charge in [0.1, 0.15) is 5.60 Å². The number of likely N-dealkylation sites (tertiary alicyclic amines) is 1. The third-order valence-corrected chi connectivity index (χ3v) is 7.60. The lowest BCUT2D eigenvalue weighted by molar-refractivity contribution is -0.101. The zero-order valence-electron chi connectivity index (χ0n) is 13.5. The van der Waals surface area contributed by atoms with Crippen LogP contribution in [0.15, 0.2) is 6.20 Å². The second kappa shape index (κ2) is 5.86. The summed E-state index contributed by atoms with van der Waals surface area (Å²) in [5.41, 5.74) is 2.32. The standard InChI is InChI=1S/C16H25N3O3S/c20-23(21)10-3-13(12-23)1-6-19-7-4-16(5-8-19)15-14(2-9-22-16)11-17-18-15/h11,13H,1-10,12H2,(H,17,18). The van der Waals surface area contributed by atoms with Crippen LogP contribution in [0.5, 0.6) is 0 Å². The molecule has 1 aromatic rings. The molecule has 7 heteroatoms. The van der Waals surface area contributed by atoms with Gasteiger partial charge >= 0.3 is 0 Å². The highest BCUT2D eigenvalue weighted by atomic mass is 32.2. The van der Waals surface area contributed by atoms with E-state index in [0.717, 1.165) is 58.3 Å². The number of nitrogens with one attached hydrogen (secondary N) is 1. The third-order valence-electron chi connectivity index (χ3n) is 5.77. The van der Waals surface area contributed by atoms with E-state index in [1.165, 1.54) is 11.3 Å². The Morgan fingerprint density at radius 2 is 2.22 bits per heavy atom. The Morgan fingerprint density at radius 3 is 2.96 bits per heavy atom. The monoisotopic (exact) mass is 339 g/mol. The summed E-state index contributed by atoms with van der Waals surface area (Å²) in [6.45, 7) is 3.81. The normalized spacial score (nSPS) is 29.7. The average Bonchev–Trinajstić information content (AvgIpc) is 3.14. The predicted octanol–water partition coefficient (Wildman–Crippen LogP) is 1.10. The molecular formula is C16H25N3O3S. The lowest BCUT2D eigenvalue weighted by Crippen LogP contribution is -2.47. The van der Waals surface area contributed by atoms with Gasteiger partial charge in [-0.15, -0.1) is 0 Å². The van der Waals surface area contributed by atoms with Crippen LogP contribution in [-0.2, 0) is 26.6 Å². The number of fused-ring (bicyclic) bond motifs is 2. The summed E-state index contributed by atoms with van der Waals surface area (Å²) in [7, 11) is -2.75. The van der Waals surface area contributed by atoms with Gasteiger partial charge in [0.15, 0.2) is 9.84 Å². The summed E-state index contributed by atoms with van der Waals surface area (Å²) in [6.07, 6.45) is 6.72. The molecule has 0 radical (unpaired) electrons. The van der Waals surface area contributed by atoms with Crippen molar-refractivity contribution in [2.24, 2.45) is 5.92 Å².